The summed E-state index contributed by atoms with van der Waals surface area (Å²) in [5, 5.41) is 11.4. The first-order chi connectivity index (χ1) is 19.7. The van der Waals surface area contributed by atoms with Crippen LogP contribution in [0.4, 0.5) is 26.4 Å². The van der Waals surface area contributed by atoms with E-state index in [4.69, 9.17) is 13.8 Å². The van der Waals surface area contributed by atoms with Gasteiger partial charge < -0.3 is 24.8 Å². The Morgan fingerprint density at radius 3 is 2.19 bits per heavy atom. The summed E-state index contributed by atoms with van der Waals surface area (Å²) in [7, 11) is -3.67. The number of nitrogens with one attached hydrogen (secondary N) is 3. The zero-order chi connectivity index (χ0) is 30.9. The minimum atomic E-state index is -3.67. The topological polar surface area (TPSA) is 176 Å². The predicted molar refractivity (Wildman–Crippen MR) is 155 cm³/mol. The van der Waals surface area contributed by atoms with Crippen LogP contribution < -0.4 is 20.7 Å². The molecule has 15 heteroatoms. The van der Waals surface area contributed by atoms with Crippen LogP contribution in [0.2, 0.25) is 0 Å². The number of nitrogens with zero attached hydrogens (tertiary/aromatic N) is 3. The summed E-state index contributed by atoms with van der Waals surface area (Å²) in [6, 6.07) is 10.7. The standard InChI is InChI=1S/C26H31FN6O4.CH4O3S/c1-4-33-13-11-19(12-14-33)36-20-9-10-21(28-16-20)24(34)29-17-5-7-18(8-6-17)30-25(35)31-23-15-22(32-37-23)26(2,3)27;1-5(2,3)4/h5-10,15-16,19H,4,11-14H2,1-3H3,(H,29,34)(H2,30,31,35);1H3,(H,2,3,4). The number of anilines is 3. The number of hydrogen-bond acceptors (Lipinski definition) is 9. The number of pyridine rings is 1. The molecule has 1 aliphatic heterocycles. The number of hydrogen-bond donors (Lipinski definition) is 4. The highest BCUT2D eigenvalue weighted by Gasteiger charge is 2.24. The third-order valence-corrected chi connectivity index (χ3v) is 6.01. The van der Waals surface area contributed by atoms with Gasteiger partial charge in [-0.1, -0.05) is 12.1 Å². The molecule has 1 fully saturated rings. The van der Waals surface area contributed by atoms with Crippen molar-refractivity contribution in [1.29, 1.82) is 0 Å². The molecule has 42 heavy (non-hydrogen) atoms. The van der Waals surface area contributed by atoms with E-state index in [9.17, 15) is 22.4 Å². The van der Waals surface area contributed by atoms with Gasteiger partial charge in [0.25, 0.3) is 16.0 Å². The summed E-state index contributed by atoms with van der Waals surface area (Å²) >= 11 is 0. The van der Waals surface area contributed by atoms with E-state index >= 15 is 0 Å². The van der Waals surface area contributed by atoms with Gasteiger partial charge in [-0.05, 0) is 69.6 Å². The van der Waals surface area contributed by atoms with Crippen LogP contribution in [0.15, 0.2) is 53.2 Å². The molecule has 0 radical (unpaired) electrons. The van der Waals surface area contributed by atoms with Crippen LogP contribution in [-0.2, 0) is 15.8 Å². The number of urea groups is 1. The molecular formula is C27H35FN6O7S. The molecule has 228 valence electrons. The van der Waals surface area contributed by atoms with Gasteiger partial charge in [-0.25, -0.2) is 14.2 Å². The van der Waals surface area contributed by atoms with Crippen LogP contribution >= 0.6 is 0 Å². The average Bonchev–Trinajstić information content (AvgIpc) is 3.39. The van der Waals surface area contributed by atoms with Gasteiger partial charge in [0.2, 0.25) is 5.88 Å². The monoisotopic (exact) mass is 606 g/mol. The molecule has 0 unspecified atom stereocenters. The summed E-state index contributed by atoms with van der Waals surface area (Å²) in [6.07, 6.45) is 4.39. The summed E-state index contributed by atoms with van der Waals surface area (Å²) in [5.74, 6) is 0.307. The number of likely N-dealkylation sites (tertiary alicyclic amines) is 1. The summed E-state index contributed by atoms with van der Waals surface area (Å²) < 4.78 is 50.7. The first-order valence-electron chi connectivity index (χ1n) is 13.1. The molecule has 3 amide bonds. The molecular weight excluding hydrogens is 571 g/mol. The highest BCUT2D eigenvalue weighted by atomic mass is 32.2. The molecule has 0 bridgehead atoms. The molecule has 3 aromatic rings. The number of ether oxygens (including phenoxy) is 1. The first-order valence-corrected chi connectivity index (χ1v) is 15.0. The lowest BCUT2D eigenvalue weighted by Crippen LogP contribution is -2.38. The molecule has 0 saturated carbocycles. The van der Waals surface area contributed by atoms with E-state index in [2.05, 4.69) is 37.9 Å². The van der Waals surface area contributed by atoms with Crippen LogP contribution in [0.3, 0.4) is 0 Å². The molecule has 4 rings (SSSR count). The lowest BCUT2D eigenvalue weighted by atomic mass is 10.1. The van der Waals surface area contributed by atoms with Crippen LogP contribution in [0, 0.1) is 0 Å². The van der Waals surface area contributed by atoms with Crippen molar-refractivity contribution < 1.29 is 36.2 Å². The molecule has 1 saturated heterocycles. The second kappa shape index (κ2) is 14.2. The number of alkyl halides is 1. The normalized spacial score (nSPS) is 14.3. The molecule has 13 nitrogen and oxygen atoms in total. The third-order valence-electron chi connectivity index (χ3n) is 6.01. The fourth-order valence-corrected chi connectivity index (χ4v) is 3.84. The molecule has 1 aliphatic rings. The number of amides is 3. The molecule has 1 aromatic carbocycles. The minimum absolute atomic E-state index is 0.0212. The van der Waals surface area contributed by atoms with Gasteiger partial charge in [0.15, 0.2) is 5.67 Å². The van der Waals surface area contributed by atoms with E-state index in [0.717, 1.165) is 32.5 Å². The smallest absolute Gasteiger partial charge is 0.326 e. The highest BCUT2D eigenvalue weighted by molar-refractivity contribution is 7.85. The molecule has 4 N–H and O–H groups in total. The second-order valence-electron chi connectivity index (χ2n) is 10.0. The van der Waals surface area contributed by atoms with E-state index in [1.807, 2.05) is 0 Å². The van der Waals surface area contributed by atoms with E-state index in [1.165, 1.54) is 19.9 Å². The van der Waals surface area contributed by atoms with Crippen molar-refractivity contribution in [1.82, 2.24) is 15.0 Å². The van der Waals surface area contributed by atoms with E-state index in [1.54, 1.807) is 42.6 Å². The Bertz CT molecular complexity index is 1420. The average molecular weight is 607 g/mol. The Labute approximate surface area is 243 Å². The summed E-state index contributed by atoms with van der Waals surface area (Å²) in [6.45, 7) is 7.94. The van der Waals surface area contributed by atoms with Crippen LogP contribution in [0.5, 0.6) is 5.75 Å². The van der Waals surface area contributed by atoms with Gasteiger partial charge in [0.05, 0.1) is 12.5 Å². The number of aromatic nitrogens is 2. The minimum Gasteiger partial charge on any atom is -0.489 e. The van der Waals surface area contributed by atoms with Gasteiger partial charge in [-0.2, -0.15) is 8.42 Å². The zero-order valence-corrected chi connectivity index (χ0v) is 24.6. The molecule has 0 spiro atoms. The predicted octanol–water partition coefficient (Wildman–Crippen LogP) is 4.54. The van der Waals surface area contributed by atoms with Crippen LogP contribution in [0.1, 0.15) is 49.8 Å². The number of halogens is 1. The lowest BCUT2D eigenvalue weighted by Gasteiger charge is -2.31. The van der Waals surface area contributed by atoms with Crippen molar-refractivity contribution in [2.24, 2.45) is 0 Å². The van der Waals surface area contributed by atoms with E-state index < -0.39 is 21.8 Å². The summed E-state index contributed by atoms with van der Waals surface area (Å²) in [5.41, 5.74) is -0.335. The molecule has 0 atom stereocenters. The van der Waals surface area contributed by atoms with Crippen molar-refractivity contribution in [3.63, 3.8) is 0 Å². The van der Waals surface area contributed by atoms with Gasteiger partial charge in [-0.3, -0.25) is 14.7 Å². The molecule has 0 aliphatic carbocycles. The Balaban J connectivity index is 0.000000892. The fraction of sp³-hybridized carbons (Fsp3) is 0.407. The largest absolute Gasteiger partial charge is 0.489 e. The lowest BCUT2D eigenvalue weighted by molar-refractivity contribution is 0.101. The quantitative estimate of drug-likeness (QED) is 0.266. The van der Waals surface area contributed by atoms with Gasteiger partial charge in [0, 0.05) is 30.5 Å². The fourth-order valence-electron chi connectivity index (χ4n) is 3.84. The number of rotatable bonds is 8. The van der Waals surface area contributed by atoms with E-state index in [-0.39, 0.29) is 29.3 Å². The Morgan fingerprint density at radius 1 is 1.10 bits per heavy atom. The zero-order valence-electron chi connectivity index (χ0n) is 23.8. The Morgan fingerprint density at radius 2 is 1.69 bits per heavy atom. The van der Waals surface area contributed by atoms with Gasteiger partial charge in [-0.15, -0.1) is 0 Å². The summed E-state index contributed by atoms with van der Waals surface area (Å²) in [4.78, 5) is 31.4. The maximum absolute atomic E-state index is 13.9. The maximum Gasteiger partial charge on any atom is 0.326 e. The van der Waals surface area contributed by atoms with Gasteiger partial charge >= 0.3 is 6.03 Å². The van der Waals surface area contributed by atoms with Crippen LogP contribution in [-0.4, -0.2) is 71.9 Å². The number of carbonyl (C=O) groups excluding carboxylic acids is 2. The number of benzene rings is 1. The highest BCUT2D eigenvalue weighted by Crippen LogP contribution is 2.26. The molecule has 2 aromatic heterocycles. The van der Waals surface area contributed by atoms with Crippen molar-refractivity contribution in [2.75, 3.05) is 41.8 Å². The number of piperidine rings is 1. The Kier molecular flexibility index (Phi) is 11.0. The second-order valence-corrected chi connectivity index (χ2v) is 11.5. The van der Waals surface area contributed by atoms with Crippen molar-refractivity contribution >= 4 is 39.3 Å². The van der Waals surface area contributed by atoms with Crippen molar-refractivity contribution in [3.8, 4) is 5.75 Å². The SMILES string of the molecule is CCN1CCC(Oc2ccc(C(=O)Nc3ccc(NC(=O)Nc4cc(C(C)(C)F)no4)cc3)nc2)CC1.CS(=O)(=O)O. The first kappa shape index (κ1) is 32.4. The van der Waals surface area contributed by atoms with Gasteiger partial charge in [0.1, 0.15) is 23.2 Å². The molecule has 3 heterocycles. The van der Waals surface area contributed by atoms with Crippen molar-refractivity contribution in [2.45, 2.75) is 45.4 Å². The third kappa shape index (κ3) is 11.1. The van der Waals surface area contributed by atoms with Crippen molar-refractivity contribution in [3.05, 3.63) is 60.0 Å². The van der Waals surface area contributed by atoms with Crippen LogP contribution in [0.25, 0.3) is 0 Å². The maximum atomic E-state index is 13.9. The van der Waals surface area contributed by atoms with E-state index in [0.29, 0.717) is 23.4 Å². The number of carbonyl (C=O) groups is 2. The Hall–Kier alpha value is -4.08.